The van der Waals surface area contributed by atoms with Gasteiger partial charge in [0, 0.05) is 0 Å². The van der Waals surface area contributed by atoms with Crippen LogP contribution in [0.2, 0.25) is 0 Å². The van der Waals surface area contributed by atoms with Gasteiger partial charge in [0.1, 0.15) is 0 Å². The van der Waals surface area contributed by atoms with Crippen LogP contribution in [-0.2, 0) is 17.8 Å². The summed E-state index contributed by atoms with van der Waals surface area (Å²) in [5.74, 6) is 0. The maximum Gasteiger partial charge on any atom is -0.358 e. The Balaban J connectivity index is -0.00000000167. The normalized spacial score (nSPS) is 1.40. The van der Waals surface area contributed by atoms with E-state index in [1.54, 1.807) is 0 Å². The monoisotopic (exact) mass is 319 g/mol. The molecule has 0 rings (SSSR count). The molecule has 0 aromatic rings. The first-order valence-corrected chi connectivity index (χ1v) is 5.08. The van der Waals surface area contributed by atoms with Gasteiger partial charge in [-0.15, -0.1) is 0 Å². The molecule has 41 valence electrons. The Morgan fingerprint density at radius 2 is 0.800 bits per heavy atom. The molecule has 5 heavy (non-hydrogen) atoms. The molecule has 0 bridgehead atoms. The largest absolute Gasteiger partial charge is 0.358 e. The minimum Gasteiger partial charge on any atom is -0.358 e. The fraction of sp³-hybridized carbons (Fsp3) is 0. The zero-order valence-corrected chi connectivity index (χ0v) is 7.55. The van der Waals surface area contributed by atoms with Gasteiger partial charge in [0.25, 0.3) is 0 Å². The second-order valence-corrected chi connectivity index (χ2v) is 0. The number of halogens is 1. The molecule has 0 saturated heterocycles. The van der Waals surface area contributed by atoms with Crippen molar-refractivity contribution in [2.45, 2.75) is 0 Å². The molecular weight excluding hydrogens is 311 g/mol. The van der Waals surface area contributed by atoms with Gasteiger partial charge in [-0.3, -0.25) is 0 Å². The smallest absolute Gasteiger partial charge is 0.358 e. The van der Waals surface area contributed by atoms with E-state index in [4.69, 9.17) is 0 Å². The Morgan fingerprint density at radius 3 is 0.800 bits per heavy atom. The van der Waals surface area contributed by atoms with Crippen LogP contribution >= 0.6 is 13.3 Å². The summed E-state index contributed by atoms with van der Waals surface area (Å²) < 4.78 is 0. The van der Waals surface area contributed by atoms with Crippen molar-refractivity contribution in [2.24, 2.45) is 0 Å². The molecule has 0 aliphatic heterocycles. The van der Waals surface area contributed by atoms with E-state index in [0.29, 0.717) is 0 Å². The predicted molar refractivity (Wildman–Crippen MR) is 28.2 cm³/mol. The second kappa shape index (κ2) is 65.8. The Hall–Kier alpha value is 1.17. The van der Waals surface area contributed by atoms with Crippen molar-refractivity contribution >= 4 is 13.3 Å². The second-order valence-electron chi connectivity index (χ2n) is 0. The van der Waals surface area contributed by atoms with Crippen LogP contribution in [0.4, 0.5) is 0 Å². The first kappa shape index (κ1) is 35.0. The van der Waals surface area contributed by atoms with Crippen molar-refractivity contribution in [2.75, 3.05) is 0 Å². The van der Waals surface area contributed by atoms with Gasteiger partial charge in [-0.2, -0.15) is 0 Å². The summed E-state index contributed by atoms with van der Waals surface area (Å²) >= 11 is 4.86. The van der Waals surface area contributed by atoms with E-state index in [1.165, 1.54) is 0 Å². The summed E-state index contributed by atoms with van der Waals surface area (Å²) in [6, 6.07) is 0. The molecule has 0 atom stereocenters. The molecule has 0 heterocycles. The van der Waals surface area contributed by atoms with Crippen LogP contribution in [-0.4, -0.2) is 0 Å². The minimum absolute atomic E-state index is 0. The molecule has 0 aromatic carbocycles. The van der Waals surface area contributed by atoms with Crippen molar-refractivity contribution in [3.63, 3.8) is 0 Å². The number of hydrogen-bond acceptors (Lipinski definition) is 0. The maximum atomic E-state index is 2.91. The molecule has 0 radical (unpaired) electrons. The van der Waals surface area contributed by atoms with Gasteiger partial charge in [-0.1, -0.05) is 0 Å². The van der Waals surface area contributed by atoms with Crippen LogP contribution in [0.3, 0.4) is 0 Å². The van der Waals surface area contributed by atoms with Crippen molar-refractivity contribution in [3.05, 3.63) is 22.3 Å². The van der Waals surface area contributed by atoms with E-state index in [1.807, 2.05) is 17.8 Å². The van der Waals surface area contributed by atoms with Gasteiger partial charge < -0.3 is 22.3 Å². The van der Waals surface area contributed by atoms with Gasteiger partial charge in [0.2, 0.25) is 0 Å². The van der Waals surface area contributed by atoms with E-state index in [2.05, 4.69) is 13.3 Å². The van der Waals surface area contributed by atoms with Gasteiger partial charge in [0.05, 0.1) is 0 Å². The Kier molecular flexibility index (Phi) is 461. The summed E-state index contributed by atoms with van der Waals surface area (Å²) in [6.45, 7) is 0. The van der Waals surface area contributed by atoms with E-state index in [9.17, 15) is 0 Å². The van der Waals surface area contributed by atoms with Crippen LogP contribution in [0, 0.1) is 22.3 Å². The van der Waals surface area contributed by atoms with Crippen LogP contribution in [0.15, 0.2) is 0 Å². The molecule has 0 aliphatic rings. The predicted octanol–water partition coefficient (Wildman–Crippen LogP) is 2.19. The first-order valence-electron chi connectivity index (χ1n) is 0.120. The van der Waals surface area contributed by atoms with Gasteiger partial charge in [0.15, 0.2) is 0 Å². The van der Waals surface area contributed by atoms with E-state index >= 15 is 0 Å². The Bertz CT molecular complexity index is 6.85. The zero-order valence-electron chi connectivity index (χ0n) is 3.69. The van der Waals surface area contributed by atoms with Crippen molar-refractivity contribution in [1.82, 2.24) is 0 Å². The molecular formula is C3H9BrPt-3. The van der Waals surface area contributed by atoms with Crippen LogP contribution in [0.5, 0.6) is 0 Å². The van der Waals surface area contributed by atoms with Crippen LogP contribution in [0.25, 0.3) is 0 Å². The molecule has 0 nitrogen and oxygen atoms in total. The summed E-state index contributed by atoms with van der Waals surface area (Å²) in [6.07, 6.45) is 0. The molecule has 0 aliphatic carbocycles. The minimum atomic E-state index is 0. The summed E-state index contributed by atoms with van der Waals surface area (Å²) in [4.78, 5) is 0. The van der Waals surface area contributed by atoms with Crippen LogP contribution < -0.4 is 0 Å². The molecule has 0 amide bonds. The molecule has 0 aromatic heterocycles. The molecule has 0 N–H and O–H groups in total. The topological polar surface area (TPSA) is 0 Å². The Labute approximate surface area is 53.4 Å². The zero-order chi connectivity index (χ0) is 2.00. The van der Waals surface area contributed by atoms with Crippen molar-refractivity contribution < 1.29 is 17.8 Å². The SMILES string of the molecule is [Br][Pt].[CH3-].[CH3-].[CH3-]. The number of rotatable bonds is 0. The van der Waals surface area contributed by atoms with Crippen molar-refractivity contribution in [1.29, 1.82) is 0 Å². The summed E-state index contributed by atoms with van der Waals surface area (Å²) in [7, 11) is 0. The van der Waals surface area contributed by atoms with E-state index in [0.717, 1.165) is 0 Å². The average molecular weight is 320 g/mol. The fourth-order valence-corrected chi connectivity index (χ4v) is 0. The molecule has 0 spiro atoms. The Morgan fingerprint density at radius 1 is 0.800 bits per heavy atom. The summed E-state index contributed by atoms with van der Waals surface area (Å²) in [5.41, 5.74) is 0. The average Bonchev–Trinajstić information content (AvgIpc) is 1.00. The summed E-state index contributed by atoms with van der Waals surface area (Å²) in [5, 5.41) is 0. The maximum absolute atomic E-state index is 2.91. The van der Waals surface area contributed by atoms with Gasteiger partial charge >= 0.3 is 31.1 Å². The quantitative estimate of drug-likeness (QED) is 0.600. The molecule has 0 fully saturated rings. The van der Waals surface area contributed by atoms with E-state index in [-0.39, 0.29) is 22.3 Å². The molecule has 2 heteroatoms. The third-order valence-electron chi connectivity index (χ3n) is 0. The van der Waals surface area contributed by atoms with E-state index < -0.39 is 0 Å². The van der Waals surface area contributed by atoms with Gasteiger partial charge in [-0.05, 0) is 0 Å². The molecule has 0 unspecified atom stereocenters. The number of hydrogen-bond donors (Lipinski definition) is 0. The third kappa shape index (κ3) is 38.0. The fourth-order valence-electron chi connectivity index (χ4n) is 0. The molecule has 0 saturated carbocycles. The standard InChI is InChI=1S/3CH3.BrH.Pt/h3*1H3;1H;/q3*-1;;+1/p-1. The van der Waals surface area contributed by atoms with Gasteiger partial charge in [-0.25, -0.2) is 0 Å². The third-order valence-corrected chi connectivity index (χ3v) is 0. The van der Waals surface area contributed by atoms with Crippen molar-refractivity contribution in [3.8, 4) is 0 Å². The first-order chi connectivity index (χ1) is 1.00. The van der Waals surface area contributed by atoms with Crippen LogP contribution in [0.1, 0.15) is 0 Å².